The van der Waals surface area contributed by atoms with Gasteiger partial charge in [0.15, 0.2) is 5.78 Å². The minimum absolute atomic E-state index is 0.119. The maximum atomic E-state index is 11.7. The number of hydrogen-bond acceptors (Lipinski definition) is 6. The first-order valence-electron chi connectivity index (χ1n) is 5.46. The number of carbonyl (C=O) groups excluding carboxylic acids is 2. The van der Waals surface area contributed by atoms with Crippen molar-refractivity contribution >= 4 is 17.4 Å². The van der Waals surface area contributed by atoms with E-state index >= 15 is 0 Å². The molecule has 1 aromatic rings. The Bertz CT molecular complexity index is 481. The van der Waals surface area contributed by atoms with Crippen LogP contribution in [-0.4, -0.2) is 35.0 Å². The van der Waals surface area contributed by atoms with Crippen molar-refractivity contribution in [3.05, 3.63) is 39.9 Å². The van der Waals surface area contributed by atoms with Gasteiger partial charge in [-0.3, -0.25) is 19.7 Å². The molecule has 7 nitrogen and oxygen atoms in total. The summed E-state index contributed by atoms with van der Waals surface area (Å²) in [6.45, 7) is 0. The molecule has 0 aliphatic rings. The first-order valence-corrected chi connectivity index (χ1v) is 5.46. The molecule has 102 valence electrons. The zero-order valence-corrected chi connectivity index (χ0v) is 10.2. The van der Waals surface area contributed by atoms with Crippen LogP contribution >= 0.6 is 0 Å². The summed E-state index contributed by atoms with van der Waals surface area (Å²) in [4.78, 5) is 32.5. The van der Waals surface area contributed by atoms with E-state index in [-0.39, 0.29) is 24.1 Å². The van der Waals surface area contributed by atoms with Crippen LogP contribution in [-0.2, 0) is 9.53 Å². The third kappa shape index (κ3) is 4.47. The molecule has 0 heterocycles. The third-order valence-corrected chi connectivity index (χ3v) is 2.45. The van der Waals surface area contributed by atoms with E-state index in [0.717, 1.165) is 0 Å². The number of nitrogens with zero attached hydrogens (tertiary/aromatic N) is 1. The number of nitro groups is 1. The van der Waals surface area contributed by atoms with Gasteiger partial charge < -0.3 is 9.84 Å². The second-order valence-corrected chi connectivity index (χ2v) is 3.87. The lowest BCUT2D eigenvalue weighted by Gasteiger charge is -2.08. The zero-order valence-electron chi connectivity index (χ0n) is 10.2. The molecule has 1 atom stereocenters. The van der Waals surface area contributed by atoms with E-state index in [2.05, 4.69) is 4.74 Å². The fraction of sp³-hybridized carbons (Fsp3) is 0.333. The molecule has 0 aromatic heterocycles. The van der Waals surface area contributed by atoms with Gasteiger partial charge in [-0.25, -0.2) is 0 Å². The Morgan fingerprint density at radius 3 is 2.37 bits per heavy atom. The van der Waals surface area contributed by atoms with Crippen molar-refractivity contribution in [2.24, 2.45) is 0 Å². The normalized spacial score (nSPS) is 11.7. The number of aliphatic hydroxyl groups is 1. The van der Waals surface area contributed by atoms with Crippen molar-refractivity contribution in [3.8, 4) is 0 Å². The molecule has 7 heteroatoms. The molecule has 0 aliphatic carbocycles. The number of Topliss-reactive ketones (excluding diaryl/α,β-unsaturated/α-hetero) is 1. The average molecular weight is 267 g/mol. The zero-order chi connectivity index (χ0) is 14.4. The summed E-state index contributed by atoms with van der Waals surface area (Å²) in [5, 5.41) is 19.9. The second kappa shape index (κ2) is 6.60. The number of rotatable bonds is 6. The number of benzene rings is 1. The Morgan fingerprint density at radius 1 is 1.32 bits per heavy atom. The van der Waals surface area contributed by atoms with Crippen molar-refractivity contribution < 1.29 is 24.4 Å². The van der Waals surface area contributed by atoms with Crippen LogP contribution in [0.5, 0.6) is 0 Å². The number of nitro benzene ring substituents is 1. The topological polar surface area (TPSA) is 107 Å². The fourth-order valence-electron chi connectivity index (χ4n) is 1.45. The fourth-order valence-corrected chi connectivity index (χ4v) is 1.45. The predicted octanol–water partition coefficient (Wildman–Crippen LogP) is 1.09. The summed E-state index contributed by atoms with van der Waals surface area (Å²) in [7, 11) is 1.19. The lowest BCUT2D eigenvalue weighted by atomic mass is 10.0. The van der Waals surface area contributed by atoms with Crippen LogP contribution in [0.15, 0.2) is 24.3 Å². The molecule has 0 spiro atoms. The number of carbonyl (C=O) groups is 2. The first kappa shape index (κ1) is 14.8. The maximum absolute atomic E-state index is 11.7. The Hall–Kier alpha value is -2.28. The lowest BCUT2D eigenvalue weighted by molar-refractivity contribution is -0.384. The summed E-state index contributed by atoms with van der Waals surface area (Å²) in [6, 6.07) is 5.04. The van der Waals surface area contributed by atoms with Crippen molar-refractivity contribution in [1.82, 2.24) is 0 Å². The molecule has 1 N–H and O–H groups in total. The minimum atomic E-state index is -1.13. The molecule has 0 saturated heterocycles. The van der Waals surface area contributed by atoms with Gasteiger partial charge in [0.1, 0.15) is 0 Å². The molecule has 0 radical (unpaired) electrons. The van der Waals surface area contributed by atoms with Crippen molar-refractivity contribution in [1.29, 1.82) is 0 Å². The molecule has 1 rings (SSSR count). The molecule has 0 fully saturated rings. The van der Waals surface area contributed by atoms with Crippen LogP contribution in [0.3, 0.4) is 0 Å². The Kier molecular flexibility index (Phi) is 5.13. The number of ketones is 1. The SMILES string of the molecule is COC(=O)CC(O)CC(=O)c1ccc([N+](=O)[O-])cc1. The van der Waals surface area contributed by atoms with Gasteiger partial charge in [0, 0.05) is 24.1 Å². The number of aliphatic hydroxyl groups excluding tert-OH is 1. The molecule has 19 heavy (non-hydrogen) atoms. The van der Waals surface area contributed by atoms with E-state index in [9.17, 15) is 24.8 Å². The van der Waals surface area contributed by atoms with Crippen molar-refractivity contribution in [2.75, 3.05) is 7.11 Å². The van der Waals surface area contributed by atoms with Crippen LogP contribution < -0.4 is 0 Å². The number of esters is 1. The van der Waals surface area contributed by atoms with Gasteiger partial charge in [-0.05, 0) is 12.1 Å². The van der Waals surface area contributed by atoms with Crippen LogP contribution in [0.25, 0.3) is 0 Å². The molecular formula is C12H13NO6. The molecular weight excluding hydrogens is 254 g/mol. The van der Waals surface area contributed by atoms with Gasteiger partial charge in [0.2, 0.25) is 0 Å². The van der Waals surface area contributed by atoms with Crippen LogP contribution in [0, 0.1) is 10.1 Å². The van der Waals surface area contributed by atoms with Gasteiger partial charge in [-0.2, -0.15) is 0 Å². The van der Waals surface area contributed by atoms with Gasteiger partial charge in [0.05, 0.1) is 24.6 Å². The first-order chi connectivity index (χ1) is 8.93. The summed E-state index contributed by atoms with van der Waals surface area (Å²) in [5.41, 5.74) is 0.126. The summed E-state index contributed by atoms with van der Waals surface area (Å²) in [6.07, 6.45) is -1.64. The highest BCUT2D eigenvalue weighted by atomic mass is 16.6. The van der Waals surface area contributed by atoms with Gasteiger partial charge in [-0.1, -0.05) is 0 Å². The maximum Gasteiger partial charge on any atom is 0.308 e. The smallest absolute Gasteiger partial charge is 0.308 e. The second-order valence-electron chi connectivity index (χ2n) is 3.87. The largest absolute Gasteiger partial charge is 0.469 e. The highest BCUT2D eigenvalue weighted by molar-refractivity contribution is 5.96. The standard InChI is InChI=1S/C12H13NO6/c1-19-12(16)7-10(14)6-11(15)8-2-4-9(5-3-8)13(17)18/h2-5,10,14H,6-7H2,1H3. The van der Waals surface area contributed by atoms with E-state index in [1.807, 2.05) is 0 Å². The summed E-state index contributed by atoms with van der Waals surface area (Å²) < 4.78 is 4.37. The van der Waals surface area contributed by atoms with Crippen molar-refractivity contribution in [2.45, 2.75) is 18.9 Å². The lowest BCUT2D eigenvalue weighted by Crippen LogP contribution is -2.18. The Balaban J connectivity index is 2.63. The van der Waals surface area contributed by atoms with Crippen LogP contribution in [0.2, 0.25) is 0 Å². The molecule has 0 bridgehead atoms. The van der Waals surface area contributed by atoms with Crippen LogP contribution in [0.4, 0.5) is 5.69 Å². The molecule has 0 aliphatic heterocycles. The van der Waals surface area contributed by atoms with E-state index in [4.69, 9.17) is 0 Å². The monoisotopic (exact) mass is 267 g/mol. The number of methoxy groups -OCH3 is 1. The quantitative estimate of drug-likeness (QED) is 0.358. The number of non-ortho nitro benzene ring substituents is 1. The molecule has 1 unspecified atom stereocenters. The number of ether oxygens (including phenoxy) is 1. The molecule has 0 amide bonds. The van der Waals surface area contributed by atoms with E-state index in [1.165, 1.54) is 31.4 Å². The highest BCUT2D eigenvalue weighted by Gasteiger charge is 2.17. The van der Waals surface area contributed by atoms with Crippen molar-refractivity contribution in [3.63, 3.8) is 0 Å². The molecule has 1 aromatic carbocycles. The molecule has 0 saturated carbocycles. The van der Waals surface area contributed by atoms with E-state index in [0.29, 0.717) is 0 Å². The Labute approximate surface area is 109 Å². The van der Waals surface area contributed by atoms with Gasteiger partial charge in [-0.15, -0.1) is 0 Å². The minimum Gasteiger partial charge on any atom is -0.469 e. The Morgan fingerprint density at radius 2 is 1.89 bits per heavy atom. The van der Waals surface area contributed by atoms with E-state index < -0.39 is 22.8 Å². The van der Waals surface area contributed by atoms with Gasteiger partial charge in [0.25, 0.3) is 5.69 Å². The third-order valence-electron chi connectivity index (χ3n) is 2.45. The van der Waals surface area contributed by atoms with Gasteiger partial charge >= 0.3 is 5.97 Å². The average Bonchev–Trinajstić information content (AvgIpc) is 2.38. The summed E-state index contributed by atoms with van der Waals surface area (Å²) >= 11 is 0. The number of hydrogen-bond donors (Lipinski definition) is 1. The van der Waals surface area contributed by atoms with Crippen LogP contribution in [0.1, 0.15) is 23.2 Å². The highest BCUT2D eigenvalue weighted by Crippen LogP contribution is 2.14. The van der Waals surface area contributed by atoms with E-state index in [1.54, 1.807) is 0 Å². The summed E-state index contributed by atoms with van der Waals surface area (Å²) in [5.74, 6) is -1.00. The predicted molar refractivity (Wildman–Crippen MR) is 64.7 cm³/mol.